The molecule has 1 saturated heterocycles. The molecule has 0 aliphatic carbocycles. The number of aryl methyl sites for hydroxylation is 1. The average Bonchev–Trinajstić information content (AvgIpc) is 3.48. The molecule has 2 N–H and O–H groups in total. The molecule has 184 valence electrons. The molecule has 1 aromatic carbocycles. The minimum Gasteiger partial charge on any atom is -0.475 e. The van der Waals surface area contributed by atoms with E-state index in [1.807, 2.05) is 0 Å². The quantitative estimate of drug-likeness (QED) is 0.385. The monoisotopic (exact) mass is 469 g/mol. The van der Waals surface area contributed by atoms with Gasteiger partial charge in [-0.2, -0.15) is 18.2 Å². The van der Waals surface area contributed by atoms with Crippen LogP contribution in [0, 0.1) is 0 Å². The average molecular weight is 470 g/mol. The number of rotatable bonds is 11. The Kier molecular flexibility index (Phi) is 11.4. The zero-order chi connectivity index (χ0) is 24.1. The number of carboxylic acids is 1. The summed E-state index contributed by atoms with van der Waals surface area (Å²) < 4.78 is 37.2. The molecule has 0 radical (unpaired) electrons. The highest BCUT2D eigenvalue weighted by Crippen LogP contribution is 2.24. The predicted octanol–water partition coefficient (Wildman–Crippen LogP) is 6.13. The molecular weight excluding hydrogens is 435 g/mol. The third kappa shape index (κ3) is 9.94. The highest BCUT2D eigenvalue weighted by Gasteiger charge is 2.38. The number of halogens is 3. The van der Waals surface area contributed by atoms with Crippen molar-refractivity contribution >= 4 is 5.97 Å². The van der Waals surface area contributed by atoms with Gasteiger partial charge in [-0.1, -0.05) is 75.2 Å². The molecule has 9 heteroatoms. The Morgan fingerprint density at radius 1 is 1.15 bits per heavy atom. The molecule has 0 spiro atoms. The fourth-order valence-corrected chi connectivity index (χ4v) is 3.71. The number of unbranched alkanes of at least 4 members (excludes halogenated alkanes) is 7. The molecule has 1 aromatic heterocycles. The van der Waals surface area contributed by atoms with Crippen LogP contribution in [0.2, 0.25) is 0 Å². The number of hydrogen-bond acceptors (Lipinski definition) is 5. The first-order valence-electron chi connectivity index (χ1n) is 11.7. The summed E-state index contributed by atoms with van der Waals surface area (Å²) in [5.74, 6) is -0.882. The summed E-state index contributed by atoms with van der Waals surface area (Å²) in [6.45, 7) is 4.26. The van der Waals surface area contributed by atoms with E-state index in [2.05, 4.69) is 46.6 Å². The summed E-state index contributed by atoms with van der Waals surface area (Å²) in [4.78, 5) is 13.5. The molecular formula is C24H34F3N3O3. The van der Waals surface area contributed by atoms with Gasteiger partial charge in [0.2, 0.25) is 11.7 Å². The third-order valence-electron chi connectivity index (χ3n) is 5.60. The van der Waals surface area contributed by atoms with Crippen LogP contribution < -0.4 is 5.32 Å². The Morgan fingerprint density at radius 2 is 1.82 bits per heavy atom. The summed E-state index contributed by atoms with van der Waals surface area (Å²) in [5.41, 5.74) is 2.45. The molecule has 1 aliphatic rings. The molecule has 3 rings (SSSR count). The van der Waals surface area contributed by atoms with E-state index in [9.17, 15) is 13.2 Å². The second-order valence-corrected chi connectivity index (χ2v) is 8.37. The first-order valence-corrected chi connectivity index (χ1v) is 11.7. The summed E-state index contributed by atoms with van der Waals surface area (Å²) in [6, 6.07) is 8.64. The number of hydrogen-bond donors (Lipinski definition) is 2. The lowest BCUT2D eigenvalue weighted by atomic mass is 10.0. The Morgan fingerprint density at radius 3 is 2.42 bits per heavy atom. The summed E-state index contributed by atoms with van der Waals surface area (Å²) in [6.07, 6.45) is 8.02. The van der Waals surface area contributed by atoms with Crippen molar-refractivity contribution in [3.05, 3.63) is 35.7 Å². The van der Waals surface area contributed by atoms with Gasteiger partial charge in [0.1, 0.15) is 0 Å². The fraction of sp³-hybridized carbons (Fsp3) is 0.625. The number of benzene rings is 1. The smallest absolute Gasteiger partial charge is 0.475 e. The maximum Gasteiger partial charge on any atom is 0.490 e. The van der Waals surface area contributed by atoms with Crippen LogP contribution in [0.25, 0.3) is 11.4 Å². The lowest BCUT2D eigenvalue weighted by Crippen LogP contribution is -2.21. The van der Waals surface area contributed by atoms with Gasteiger partial charge in [-0.25, -0.2) is 4.79 Å². The highest BCUT2D eigenvalue weighted by atomic mass is 19.4. The Labute approximate surface area is 193 Å². The predicted molar refractivity (Wildman–Crippen MR) is 120 cm³/mol. The SMILES string of the molecule is CCCCCCCCCCc1cccc(-c2noc(C3CCNC3)n2)c1.O=C(O)C(F)(F)F. The van der Waals surface area contributed by atoms with E-state index in [1.165, 1.54) is 56.9 Å². The minimum atomic E-state index is -5.08. The van der Waals surface area contributed by atoms with Crippen LogP contribution in [0.4, 0.5) is 13.2 Å². The van der Waals surface area contributed by atoms with Crippen LogP contribution in [-0.4, -0.2) is 40.5 Å². The first kappa shape index (κ1) is 26.8. The number of carbonyl (C=O) groups is 1. The molecule has 1 atom stereocenters. The van der Waals surface area contributed by atoms with Crippen molar-refractivity contribution in [1.29, 1.82) is 0 Å². The second-order valence-electron chi connectivity index (χ2n) is 8.37. The zero-order valence-electron chi connectivity index (χ0n) is 19.2. The molecule has 2 aromatic rings. The molecule has 1 fully saturated rings. The van der Waals surface area contributed by atoms with E-state index in [0.29, 0.717) is 5.92 Å². The summed E-state index contributed by atoms with van der Waals surface area (Å²) >= 11 is 0. The zero-order valence-corrected chi connectivity index (χ0v) is 19.2. The lowest BCUT2D eigenvalue weighted by molar-refractivity contribution is -0.192. The van der Waals surface area contributed by atoms with Gasteiger partial charge in [-0.15, -0.1) is 0 Å². The molecule has 0 amide bonds. The lowest BCUT2D eigenvalue weighted by Gasteiger charge is -2.04. The highest BCUT2D eigenvalue weighted by molar-refractivity contribution is 5.73. The summed E-state index contributed by atoms with van der Waals surface area (Å²) in [5, 5.41) is 14.7. The standard InChI is InChI=1S/C22H33N3O.C2HF3O2/c1-2-3-4-5-6-7-8-9-11-18-12-10-13-19(16-18)21-24-22(26-25-21)20-14-15-23-17-20;3-2(4,5)1(6)7/h10,12-13,16,20,23H,2-9,11,14-15,17H2,1H3;(H,6,7). The van der Waals surface area contributed by atoms with Crippen LogP contribution in [-0.2, 0) is 11.2 Å². The normalized spacial score (nSPS) is 15.8. The van der Waals surface area contributed by atoms with Gasteiger partial charge < -0.3 is 14.9 Å². The Hall–Kier alpha value is -2.42. The number of nitrogens with zero attached hydrogens (tertiary/aromatic N) is 2. The van der Waals surface area contributed by atoms with Crippen molar-refractivity contribution in [2.75, 3.05) is 13.1 Å². The Bertz CT molecular complexity index is 834. The molecule has 0 saturated carbocycles. The van der Waals surface area contributed by atoms with Gasteiger partial charge in [0.25, 0.3) is 0 Å². The maximum absolute atomic E-state index is 10.6. The van der Waals surface area contributed by atoms with E-state index in [0.717, 1.165) is 43.2 Å². The maximum atomic E-state index is 10.6. The fourth-order valence-electron chi connectivity index (χ4n) is 3.71. The van der Waals surface area contributed by atoms with Crippen LogP contribution >= 0.6 is 0 Å². The first-order chi connectivity index (χ1) is 15.8. The molecule has 6 nitrogen and oxygen atoms in total. The number of alkyl halides is 3. The molecule has 33 heavy (non-hydrogen) atoms. The van der Waals surface area contributed by atoms with Crippen molar-refractivity contribution in [3.8, 4) is 11.4 Å². The van der Waals surface area contributed by atoms with Gasteiger partial charge in [-0.3, -0.25) is 0 Å². The number of aromatic nitrogens is 2. The van der Waals surface area contributed by atoms with Crippen molar-refractivity contribution in [1.82, 2.24) is 15.5 Å². The van der Waals surface area contributed by atoms with Gasteiger partial charge in [0.05, 0.1) is 5.92 Å². The van der Waals surface area contributed by atoms with Gasteiger partial charge in [-0.05, 0) is 37.4 Å². The number of aliphatic carboxylic acids is 1. The van der Waals surface area contributed by atoms with Gasteiger partial charge >= 0.3 is 12.1 Å². The van der Waals surface area contributed by atoms with E-state index >= 15 is 0 Å². The molecule has 2 heterocycles. The third-order valence-corrected chi connectivity index (χ3v) is 5.60. The van der Waals surface area contributed by atoms with Crippen LogP contribution in [0.5, 0.6) is 0 Å². The second kappa shape index (κ2) is 14.0. The molecule has 1 unspecified atom stereocenters. The van der Waals surface area contributed by atoms with Gasteiger partial charge in [0, 0.05) is 12.1 Å². The van der Waals surface area contributed by atoms with Gasteiger partial charge in [0.15, 0.2) is 0 Å². The summed E-state index contributed by atoms with van der Waals surface area (Å²) in [7, 11) is 0. The largest absolute Gasteiger partial charge is 0.490 e. The van der Waals surface area contributed by atoms with Crippen molar-refractivity contribution in [2.45, 2.75) is 83.2 Å². The van der Waals surface area contributed by atoms with Crippen LogP contribution in [0.3, 0.4) is 0 Å². The number of carboxylic acid groups (broad SMARTS) is 1. The van der Waals surface area contributed by atoms with Crippen molar-refractivity contribution in [2.24, 2.45) is 0 Å². The van der Waals surface area contributed by atoms with E-state index in [1.54, 1.807) is 0 Å². The van der Waals surface area contributed by atoms with E-state index in [-0.39, 0.29) is 0 Å². The van der Waals surface area contributed by atoms with Crippen molar-refractivity contribution < 1.29 is 27.6 Å². The van der Waals surface area contributed by atoms with E-state index in [4.69, 9.17) is 14.4 Å². The molecule has 1 aliphatic heterocycles. The molecule has 0 bridgehead atoms. The Balaban J connectivity index is 0.000000479. The van der Waals surface area contributed by atoms with Crippen LogP contribution in [0.15, 0.2) is 28.8 Å². The topological polar surface area (TPSA) is 88.3 Å². The van der Waals surface area contributed by atoms with Crippen LogP contribution in [0.1, 0.15) is 82.1 Å². The van der Waals surface area contributed by atoms with Crippen molar-refractivity contribution in [3.63, 3.8) is 0 Å². The van der Waals surface area contributed by atoms with E-state index < -0.39 is 12.1 Å². The number of nitrogens with one attached hydrogen (secondary N) is 1. The minimum absolute atomic E-state index is 0.372.